The van der Waals surface area contributed by atoms with Gasteiger partial charge in [-0.1, -0.05) is 20.3 Å². The van der Waals surface area contributed by atoms with Crippen molar-refractivity contribution < 1.29 is 22.7 Å². The number of hydrogen-bond acceptors (Lipinski definition) is 5. The molecule has 1 aliphatic rings. The first kappa shape index (κ1) is 20.2. The highest BCUT2D eigenvalue weighted by Gasteiger charge is 2.28. The number of nitrogens with one attached hydrogen (secondary N) is 1. The average Bonchev–Trinajstić information content (AvgIpc) is 2.62. The van der Waals surface area contributed by atoms with Gasteiger partial charge in [0.05, 0.1) is 19.1 Å². The summed E-state index contributed by atoms with van der Waals surface area (Å²) in [5.41, 5.74) is 1.82. The third-order valence-corrected chi connectivity index (χ3v) is 5.95. The topological polar surface area (TPSA) is 92.8 Å². The Balaban J connectivity index is 2.27. The van der Waals surface area contributed by atoms with Gasteiger partial charge in [-0.3, -0.25) is 9.10 Å². The van der Waals surface area contributed by atoms with Crippen molar-refractivity contribution in [3.63, 3.8) is 0 Å². The van der Waals surface area contributed by atoms with E-state index < -0.39 is 22.0 Å². The Hall–Kier alpha value is -2.09. The summed E-state index contributed by atoms with van der Waals surface area (Å²) in [6.45, 7) is 4.25. The van der Waals surface area contributed by atoms with Crippen LogP contribution in [0.5, 0.6) is 0 Å². The number of sulfonamides is 1. The zero-order valence-electron chi connectivity index (χ0n) is 15.6. The Bertz CT molecular complexity index is 791. The molecule has 0 bridgehead atoms. The van der Waals surface area contributed by atoms with E-state index in [1.807, 2.05) is 13.8 Å². The molecule has 0 saturated heterocycles. The number of methoxy groups -OCH3 is 1. The van der Waals surface area contributed by atoms with Crippen molar-refractivity contribution in [2.75, 3.05) is 24.2 Å². The molecule has 0 spiro atoms. The Morgan fingerprint density at radius 2 is 2.04 bits per heavy atom. The molecule has 0 aliphatic carbocycles. The summed E-state index contributed by atoms with van der Waals surface area (Å²) < 4.78 is 30.0. The number of anilines is 1. The second-order valence-electron chi connectivity index (χ2n) is 6.64. The fourth-order valence-electron chi connectivity index (χ4n) is 3.07. The molecule has 2 rings (SSSR count). The van der Waals surface area contributed by atoms with Crippen LogP contribution in [0.4, 0.5) is 5.69 Å². The van der Waals surface area contributed by atoms with Crippen LogP contribution < -0.4 is 9.62 Å². The normalized spacial score (nSPS) is 16.4. The van der Waals surface area contributed by atoms with Crippen molar-refractivity contribution in [1.82, 2.24) is 5.32 Å². The molecule has 0 fully saturated rings. The number of ether oxygens (including phenoxy) is 1. The molecule has 7 nitrogen and oxygen atoms in total. The number of esters is 1. The molecule has 1 heterocycles. The Morgan fingerprint density at radius 1 is 1.35 bits per heavy atom. The fraction of sp³-hybridized carbons (Fsp3) is 0.556. The molecule has 1 aromatic rings. The van der Waals surface area contributed by atoms with E-state index in [-0.39, 0.29) is 11.8 Å². The van der Waals surface area contributed by atoms with E-state index in [2.05, 4.69) is 5.32 Å². The predicted molar refractivity (Wildman–Crippen MR) is 99.7 cm³/mol. The number of rotatable bonds is 6. The quantitative estimate of drug-likeness (QED) is 0.756. The minimum absolute atomic E-state index is 0.0650. The van der Waals surface area contributed by atoms with Gasteiger partial charge >= 0.3 is 5.97 Å². The van der Waals surface area contributed by atoms with Crippen LogP contribution in [0, 0.1) is 5.92 Å². The first-order valence-electron chi connectivity index (χ1n) is 8.68. The van der Waals surface area contributed by atoms with Gasteiger partial charge in [0.1, 0.15) is 6.04 Å². The predicted octanol–water partition coefficient (Wildman–Crippen LogP) is 1.72. The summed E-state index contributed by atoms with van der Waals surface area (Å²) in [6, 6.07) is 4.22. The summed E-state index contributed by atoms with van der Waals surface area (Å²) in [6.07, 6.45) is 3.29. The molecule has 1 aromatic carbocycles. The maximum absolute atomic E-state index is 12.6. The van der Waals surface area contributed by atoms with E-state index in [0.29, 0.717) is 37.1 Å². The van der Waals surface area contributed by atoms with Crippen LogP contribution in [0.15, 0.2) is 18.2 Å². The Morgan fingerprint density at radius 3 is 2.62 bits per heavy atom. The fourth-order valence-corrected chi connectivity index (χ4v) is 4.07. The molecule has 0 radical (unpaired) electrons. The van der Waals surface area contributed by atoms with Crippen molar-refractivity contribution in [2.24, 2.45) is 5.92 Å². The molecular weight excluding hydrogens is 356 g/mol. The van der Waals surface area contributed by atoms with Crippen molar-refractivity contribution in [3.8, 4) is 0 Å². The van der Waals surface area contributed by atoms with Crippen LogP contribution in [0.1, 0.15) is 42.6 Å². The first-order chi connectivity index (χ1) is 12.2. The number of carbonyl (C=O) groups is 2. The third-order valence-electron chi connectivity index (χ3n) is 4.77. The molecule has 0 saturated carbocycles. The Kier molecular flexibility index (Phi) is 6.28. The van der Waals surface area contributed by atoms with Gasteiger partial charge in [0, 0.05) is 12.1 Å². The van der Waals surface area contributed by atoms with Crippen molar-refractivity contribution in [2.45, 2.75) is 39.2 Å². The SMILES string of the molecule is CC[C@H](C)[C@H](NC(=O)c1ccc2c(c1)CCCN2S(C)(=O)=O)C(=O)OC. The third kappa shape index (κ3) is 4.35. The smallest absolute Gasteiger partial charge is 0.328 e. The summed E-state index contributed by atoms with van der Waals surface area (Å²) in [4.78, 5) is 24.6. The van der Waals surface area contributed by atoms with Crippen LogP contribution in [-0.2, 0) is 26.0 Å². The number of carbonyl (C=O) groups excluding carboxylic acids is 2. The molecule has 26 heavy (non-hydrogen) atoms. The number of benzene rings is 1. The van der Waals surface area contributed by atoms with Crippen LogP contribution in [0.25, 0.3) is 0 Å². The van der Waals surface area contributed by atoms with Crippen molar-refractivity contribution in [1.29, 1.82) is 0 Å². The number of aryl methyl sites for hydroxylation is 1. The van der Waals surface area contributed by atoms with E-state index >= 15 is 0 Å². The molecule has 1 N–H and O–H groups in total. The van der Waals surface area contributed by atoms with Crippen LogP contribution in [0.2, 0.25) is 0 Å². The maximum atomic E-state index is 12.6. The molecule has 144 valence electrons. The maximum Gasteiger partial charge on any atom is 0.328 e. The Labute approximate surface area is 154 Å². The van der Waals surface area contributed by atoms with Gasteiger partial charge in [0.2, 0.25) is 10.0 Å². The molecule has 2 atom stereocenters. The zero-order chi connectivity index (χ0) is 19.5. The number of amides is 1. The van der Waals surface area contributed by atoms with Crippen LogP contribution >= 0.6 is 0 Å². The summed E-state index contributed by atoms with van der Waals surface area (Å²) in [5.74, 6) is -0.918. The number of nitrogens with zero attached hydrogens (tertiary/aromatic N) is 1. The molecule has 0 unspecified atom stereocenters. The zero-order valence-corrected chi connectivity index (χ0v) is 16.4. The standard InChI is InChI=1S/C18H26N2O5S/c1-5-12(2)16(18(22)25-3)19-17(21)14-8-9-15-13(11-14)7-6-10-20(15)26(4,23)24/h8-9,11-12,16H,5-7,10H2,1-4H3,(H,19,21)/t12-,16-/m0/s1. The lowest BCUT2D eigenvalue weighted by molar-refractivity contribution is -0.144. The van der Waals surface area contributed by atoms with Gasteiger partial charge < -0.3 is 10.1 Å². The largest absolute Gasteiger partial charge is 0.467 e. The lowest BCUT2D eigenvalue weighted by Crippen LogP contribution is -2.45. The first-order valence-corrected chi connectivity index (χ1v) is 10.5. The van der Waals surface area contributed by atoms with Crippen LogP contribution in [-0.4, -0.2) is 46.2 Å². The highest BCUT2D eigenvalue weighted by atomic mass is 32.2. The van der Waals surface area contributed by atoms with Crippen molar-refractivity contribution in [3.05, 3.63) is 29.3 Å². The summed E-state index contributed by atoms with van der Waals surface area (Å²) >= 11 is 0. The van der Waals surface area contributed by atoms with E-state index in [9.17, 15) is 18.0 Å². The number of hydrogen-bond donors (Lipinski definition) is 1. The second-order valence-corrected chi connectivity index (χ2v) is 8.55. The molecular formula is C18H26N2O5S. The molecule has 8 heteroatoms. The van der Waals surface area contributed by atoms with Gasteiger partial charge in [-0.2, -0.15) is 0 Å². The monoisotopic (exact) mass is 382 g/mol. The molecule has 1 aliphatic heterocycles. The minimum atomic E-state index is -3.35. The van der Waals surface area contributed by atoms with Crippen LogP contribution in [0.3, 0.4) is 0 Å². The van der Waals surface area contributed by atoms with Crippen molar-refractivity contribution >= 4 is 27.6 Å². The molecule has 1 amide bonds. The molecule has 0 aromatic heterocycles. The lowest BCUT2D eigenvalue weighted by Gasteiger charge is -2.29. The van der Waals surface area contributed by atoms with E-state index in [0.717, 1.165) is 5.56 Å². The lowest BCUT2D eigenvalue weighted by atomic mass is 9.97. The number of fused-ring (bicyclic) bond motifs is 1. The summed E-state index contributed by atoms with van der Waals surface area (Å²) in [5, 5.41) is 2.74. The van der Waals surface area contributed by atoms with Gasteiger partial charge in [-0.15, -0.1) is 0 Å². The summed E-state index contributed by atoms with van der Waals surface area (Å²) in [7, 11) is -2.05. The van der Waals surface area contributed by atoms with E-state index in [4.69, 9.17) is 4.74 Å². The van der Waals surface area contributed by atoms with E-state index in [1.54, 1.807) is 18.2 Å². The highest BCUT2D eigenvalue weighted by molar-refractivity contribution is 7.92. The van der Waals surface area contributed by atoms with Gasteiger partial charge in [-0.25, -0.2) is 13.2 Å². The second kappa shape index (κ2) is 8.07. The minimum Gasteiger partial charge on any atom is -0.467 e. The van der Waals surface area contributed by atoms with Gasteiger partial charge in [0.25, 0.3) is 5.91 Å². The average molecular weight is 382 g/mol. The van der Waals surface area contributed by atoms with E-state index in [1.165, 1.54) is 17.7 Å². The highest BCUT2D eigenvalue weighted by Crippen LogP contribution is 2.30. The van der Waals surface area contributed by atoms with Gasteiger partial charge in [-0.05, 0) is 42.5 Å². The van der Waals surface area contributed by atoms with Gasteiger partial charge in [0.15, 0.2) is 0 Å².